The standard InChI is InChI=1S/C10H13B4NO4/c1-8(2,3)19-7(17)15-4-6(5-16)18-10(13,14)9(15,11)12/h5-6H,4H2,1-3H3. The van der Waals surface area contributed by atoms with Crippen LogP contribution in [0.4, 0.5) is 4.79 Å². The Balaban J connectivity index is 3.02. The molecule has 1 rings (SSSR count). The highest BCUT2D eigenvalue weighted by Crippen LogP contribution is 2.29. The summed E-state index contributed by atoms with van der Waals surface area (Å²) in [4.78, 5) is 23.7. The Hall–Kier alpha value is -0.840. The quantitative estimate of drug-likeness (QED) is 0.436. The van der Waals surface area contributed by atoms with Crippen molar-refractivity contribution in [3.63, 3.8) is 0 Å². The fourth-order valence-corrected chi connectivity index (χ4v) is 1.54. The monoisotopic (exact) mass is 255 g/mol. The number of morpholine rings is 1. The molecular formula is C10H13B4NO4. The van der Waals surface area contributed by atoms with Crippen LogP contribution < -0.4 is 0 Å². The van der Waals surface area contributed by atoms with Gasteiger partial charge < -0.3 is 19.2 Å². The first kappa shape index (κ1) is 16.2. The highest BCUT2D eigenvalue weighted by Gasteiger charge is 2.49. The lowest BCUT2D eigenvalue weighted by Crippen LogP contribution is -2.74. The minimum absolute atomic E-state index is 0.193. The van der Waals surface area contributed by atoms with Gasteiger partial charge >= 0.3 is 6.09 Å². The third-order valence-corrected chi connectivity index (χ3v) is 2.55. The van der Waals surface area contributed by atoms with Gasteiger partial charge in [0.15, 0.2) is 6.29 Å². The number of amides is 1. The molecule has 5 nitrogen and oxygen atoms in total. The molecule has 1 saturated heterocycles. The second kappa shape index (κ2) is 4.93. The zero-order valence-electron chi connectivity index (χ0n) is 11.3. The molecule has 1 aliphatic heterocycles. The summed E-state index contributed by atoms with van der Waals surface area (Å²) in [7, 11) is 22.7. The van der Waals surface area contributed by atoms with Gasteiger partial charge in [0.25, 0.3) is 0 Å². The summed E-state index contributed by atoms with van der Waals surface area (Å²) in [5.74, 6) is 0. The molecule has 1 amide bonds. The summed E-state index contributed by atoms with van der Waals surface area (Å²) in [6, 6.07) is 0. The molecule has 1 unspecified atom stereocenters. The third kappa shape index (κ3) is 3.38. The van der Waals surface area contributed by atoms with E-state index in [0.29, 0.717) is 6.29 Å². The first-order valence-electron chi connectivity index (χ1n) is 5.70. The minimum Gasteiger partial charge on any atom is -0.444 e. The topological polar surface area (TPSA) is 55.8 Å². The molecule has 0 aromatic heterocycles. The lowest BCUT2D eigenvalue weighted by atomic mass is 9.39. The van der Waals surface area contributed by atoms with Crippen LogP contribution in [-0.4, -0.2) is 77.7 Å². The van der Waals surface area contributed by atoms with Crippen molar-refractivity contribution in [3.05, 3.63) is 0 Å². The summed E-state index contributed by atoms with van der Waals surface area (Å²) in [6.45, 7) is 4.84. The normalized spacial score (nSPS) is 25.6. The number of nitrogens with zero attached hydrogens (tertiary/aromatic N) is 1. The van der Waals surface area contributed by atoms with Crippen molar-refractivity contribution in [3.8, 4) is 0 Å². The van der Waals surface area contributed by atoms with Gasteiger partial charge in [0, 0.05) is 0 Å². The van der Waals surface area contributed by atoms with Gasteiger partial charge in [-0.3, -0.25) is 0 Å². The van der Waals surface area contributed by atoms with Crippen molar-refractivity contribution in [1.29, 1.82) is 0 Å². The number of ether oxygens (including phenoxy) is 2. The highest BCUT2D eigenvalue weighted by molar-refractivity contribution is 6.54. The molecule has 1 atom stereocenters. The average Bonchev–Trinajstić information content (AvgIpc) is 2.18. The van der Waals surface area contributed by atoms with Gasteiger partial charge in [0.1, 0.15) is 27.4 Å². The van der Waals surface area contributed by atoms with Crippen molar-refractivity contribution < 1.29 is 19.1 Å². The van der Waals surface area contributed by atoms with E-state index in [9.17, 15) is 9.59 Å². The summed E-state index contributed by atoms with van der Waals surface area (Å²) in [5, 5.41) is -4.08. The zero-order valence-corrected chi connectivity index (χ0v) is 11.3. The number of rotatable bonds is 1. The predicted molar refractivity (Wildman–Crippen MR) is 72.4 cm³/mol. The average molecular weight is 254 g/mol. The van der Waals surface area contributed by atoms with E-state index < -0.39 is 28.5 Å². The molecule has 1 aliphatic rings. The molecule has 0 saturated carbocycles. The van der Waals surface area contributed by atoms with Gasteiger partial charge in [-0.25, -0.2) is 4.79 Å². The SMILES string of the molecule is [B]C1([B])OC(C=O)CN(C(=O)OC(C)(C)C)C1([B])[B]. The van der Waals surface area contributed by atoms with Crippen molar-refractivity contribution >= 4 is 43.8 Å². The minimum atomic E-state index is -2.08. The second-order valence-corrected chi connectivity index (χ2v) is 5.50. The van der Waals surface area contributed by atoms with Crippen LogP contribution in [0.25, 0.3) is 0 Å². The van der Waals surface area contributed by atoms with Gasteiger partial charge in [-0.05, 0) is 31.5 Å². The van der Waals surface area contributed by atoms with Crippen molar-refractivity contribution in [1.82, 2.24) is 4.90 Å². The summed E-state index contributed by atoms with van der Waals surface area (Å²) in [6.07, 6.45) is -1.39. The van der Waals surface area contributed by atoms with E-state index in [1.165, 1.54) is 0 Å². The van der Waals surface area contributed by atoms with Crippen LogP contribution in [0.1, 0.15) is 20.8 Å². The van der Waals surface area contributed by atoms with Crippen LogP contribution in [0.15, 0.2) is 0 Å². The maximum Gasteiger partial charge on any atom is 0.409 e. The largest absolute Gasteiger partial charge is 0.444 e. The van der Waals surface area contributed by atoms with Crippen LogP contribution in [0.2, 0.25) is 0 Å². The summed E-state index contributed by atoms with van der Waals surface area (Å²) >= 11 is 0. The second-order valence-electron chi connectivity index (χ2n) is 5.50. The molecule has 0 spiro atoms. The number of hydrogen-bond acceptors (Lipinski definition) is 4. The van der Waals surface area contributed by atoms with Gasteiger partial charge in [0.05, 0.1) is 22.2 Å². The number of aldehydes is 1. The zero-order chi connectivity index (χ0) is 15.1. The molecule has 9 heteroatoms. The van der Waals surface area contributed by atoms with Gasteiger partial charge in [-0.2, -0.15) is 0 Å². The van der Waals surface area contributed by atoms with E-state index >= 15 is 0 Å². The van der Waals surface area contributed by atoms with E-state index in [0.717, 1.165) is 4.90 Å². The summed E-state index contributed by atoms with van der Waals surface area (Å²) in [5.41, 5.74) is -0.756. The predicted octanol–water partition coefficient (Wildman–Crippen LogP) is -1.20. The van der Waals surface area contributed by atoms with Crippen LogP contribution in [0.3, 0.4) is 0 Å². The number of carbonyl (C=O) groups excluding carboxylic acids is 2. The van der Waals surface area contributed by atoms with E-state index in [-0.39, 0.29) is 6.54 Å². The first-order valence-corrected chi connectivity index (χ1v) is 5.70. The Labute approximate surface area is 118 Å². The maximum absolute atomic E-state index is 12.0. The van der Waals surface area contributed by atoms with E-state index in [2.05, 4.69) is 0 Å². The number of carbonyl (C=O) groups is 2. The lowest BCUT2D eigenvalue weighted by Gasteiger charge is -2.56. The Kier molecular flexibility index (Phi) is 4.20. The molecule has 19 heavy (non-hydrogen) atoms. The molecule has 1 fully saturated rings. The van der Waals surface area contributed by atoms with E-state index in [1.54, 1.807) is 20.8 Å². The molecule has 0 aromatic carbocycles. The van der Waals surface area contributed by atoms with Crippen molar-refractivity contribution in [2.24, 2.45) is 0 Å². The molecule has 94 valence electrons. The molecular weight excluding hydrogens is 241 g/mol. The first-order chi connectivity index (χ1) is 8.40. The van der Waals surface area contributed by atoms with Gasteiger partial charge in [-0.1, -0.05) is 0 Å². The molecule has 0 bridgehead atoms. The van der Waals surface area contributed by atoms with Crippen LogP contribution in [0.5, 0.6) is 0 Å². The van der Waals surface area contributed by atoms with Gasteiger partial charge in [-0.15, -0.1) is 0 Å². The van der Waals surface area contributed by atoms with Crippen LogP contribution >= 0.6 is 0 Å². The Morgan fingerprint density at radius 2 is 1.89 bits per heavy atom. The fourth-order valence-electron chi connectivity index (χ4n) is 1.54. The molecule has 0 aliphatic carbocycles. The van der Waals surface area contributed by atoms with Crippen LogP contribution in [-0.2, 0) is 14.3 Å². The molecule has 0 N–H and O–H groups in total. The highest BCUT2D eigenvalue weighted by atomic mass is 16.6. The van der Waals surface area contributed by atoms with Crippen molar-refractivity contribution in [2.45, 2.75) is 43.2 Å². The lowest BCUT2D eigenvalue weighted by molar-refractivity contribution is -0.134. The summed E-state index contributed by atoms with van der Waals surface area (Å²) < 4.78 is 10.2. The van der Waals surface area contributed by atoms with Gasteiger partial charge in [0.2, 0.25) is 0 Å². The number of hydrogen-bond donors (Lipinski definition) is 0. The Morgan fingerprint density at radius 3 is 2.32 bits per heavy atom. The van der Waals surface area contributed by atoms with Crippen molar-refractivity contribution in [2.75, 3.05) is 6.54 Å². The Morgan fingerprint density at radius 1 is 1.37 bits per heavy atom. The molecule has 1 heterocycles. The molecule has 0 aromatic rings. The maximum atomic E-state index is 12.0. The fraction of sp³-hybridized carbons (Fsp3) is 0.800. The molecule has 8 radical (unpaired) electrons. The Bertz CT molecular complexity index is 380. The third-order valence-electron chi connectivity index (χ3n) is 2.55. The smallest absolute Gasteiger partial charge is 0.409 e. The van der Waals surface area contributed by atoms with E-state index in [1.807, 2.05) is 0 Å². The van der Waals surface area contributed by atoms with E-state index in [4.69, 9.17) is 40.9 Å². The van der Waals surface area contributed by atoms with Crippen LogP contribution in [0, 0.1) is 0 Å².